The number of amides is 1. The largest absolute Gasteiger partial charge is 0.368 e. The maximum Gasteiger partial charge on any atom is 0.265 e. The first-order valence-corrected chi connectivity index (χ1v) is 10.5. The third kappa shape index (κ3) is 4.96. The van der Waals surface area contributed by atoms with Crippen molar-refractivity contribution in [1.29, 1.82) is 0 Å². The molecule has 0 aromatic rings. The maximum absolute atomic E-state index is 12.5. The predicted octanol–water partition coefficient (Wildman–Crippen LogP) is 3.85. The summed E-state index contributed by atoms with van der Waals surface area (Å²) in [6.07, 6.45) is 14.3. The van der Waals surface area contributed by atoms with E-state index in [2.05, 4.69) is 39.1 Å². The van der Waals surface area contributed by atoms with Crippen LogP contribution in [-0.4, -0.2) is 34.2 Å². The molecule has 160 valence electrons. The summed E-state index contributed by atoms with van der Waals surface area (Å²) in [4.78, 5) is 24.7. The van der Waals surface area contributed by atoms with E-state index in [1.165, 1.54) is 24.5 Å². The number of carbonyl (C=O) groups is 2. The van der Waals surface area contributed by atoms with Gasteiger partial charge in [0.15, 0.2) is 17.6 Å². The maximum atomic E-state index is 12.5. The number of hydrogen-bond donors (Lipinski definition) is 2. The Morgan fingerprint density at radius 1 is 1.17 bits per heavy atom. The fourth-order valence-corrected chi connectivity index (χ4v) is 3.79. The van der Waals surface area contributed by atoms with E-state index in [9.17, 15) is 14.7 Å². The number of hydrogen-bond acceptors (Lipinski definition) is 4. The Hall–Kier alpha value is -1.98. The Balaban J connectivity index is 1.87. The van der Waals surface area contributed by atoms with Crippen LogP contribution in [0.2, 0.25) is 0 Å². The summed E-state index contributed by atoms with van der Waals surface area (Å²) in [5.41, 5.74) is -1.85. The molecule has 5 atom stereocenters. The number of allylic oxidation sites excluding steroid dienone is 7. The highest BCUT2D eigenvalue weighted by Gasteiger charge is 2.80. The lowest BCUT2D eigenvalue weighted by Crippen LogP contribution is -2.52. The second-order valence-corrected chi connectivity index (χ2v) is 8.77. The SMILES string of the molecule is CCC(C)CC(C)/C=C(C)/C=C/C=C/C=C/C(=O)[C@@]12O[C@H]1[C@](O)(C(C)C)NC2=O. The molecular weight excluding hydrogens is 366 g/mol. The van der Waals surface area contributed by atoms with E-state index >= 15 is 0 Å². The Bertz CT molecular complexity index is 748. The number of aliphatic hydroxyl groups is 1. The van der Waals surface area contributed by atoms with Crippen LogP contribution < -0.4 is 5.32 Å². The van der Waals surface area contributed by atoms with Gasteiger partial charge in [-0.3, -0.25) is 9.59 Å². The van der Waals surface area contributed by atoms with Crippen molar-refractivity contribution in [3.8, 4) is 0 Å². The van der Waals surface area contributed by atoms with Gasteiger partial charge in [0.25, 0.3) is 5.91 Å². The quantitative estimate of drug-likeness (QED) is 0.252. The van der Waals surface area contributed by atoms with Crippen molar-refractivity contribution >= 4 is 11.7 Å². The molecule has 2 aliphatic rings. The van der Waals surface area contributed by atoms with E-state index in [4.69, 9.17) is 4.74 Å². The van der Waals surface area contributed by atoms with Crippen molar-refractivity contribution < 1.29 is 19.4 Å². The van der Waals surface area contributed by atoms with Gasteiger partial charge in [0, 0.05) is 5.92 Å². The Kier molecular flexibility index (Phi) is 7.41. The van der Waals surface area contributed by atoms with Crippen molar-refractivity contribution in [2.75, 3.05) is 0 Å². The first-order chi connectivity index (χ1) is 13.6. The molecular formula is C24H35NO4. The molecule has 2 unspecified atom stereocenters. The summed E-state index contributed by atoms with van der Waals surface area (Å²) in [5, 5.41) is 13.0. The lowest BCUT2D eigenvalue weighted by atomic mass is 9.91. The Morgan fingerprint density at radius 2 is 1.79 bits per heavy atom. The zero-order valence-electron chi connectivity index (χ0n) is 18.4. The number of rotatable bonds is 10. The van der Waals surface area contributed by atoms with Gasteiger partial charge < -0.3 is 15.2 Å². The van der Waals surface area contributed by atoms with Crippen molar-refractivity contribution in [3.63, 3.8) is 0 Å². The van der Waals surface area contributed by atoms with Crippen molar-refractivity contribution in [2.24, 2.45) is 17.8 Å². The van der Waals surface area contributed by atoms with Gasteiger partial charge in [-0.25, -0.2) is 0 Å². The van der Waals surface area contributed by atoms with E-state index in [-0.39, 0.29) is 5.92 Å². The molecule has 2 rings (SSSR count). The van der Waals surface area contributed by atoms with E-state index < -0.39 is 29.1 Å². The molecule has 0 aromatic carbocycles. The van der Waals surface area contributed by atoms with Crippen LogP contribution >= 0.6 is 0 Å². The molecule has 0 saturated carbocycles. The van der Waals surface area contributed by atoms with E-state index in [0.717, 1.165) is 5.92 Å². The van der Waals surface area contributed by atoms with Gasteiger partial charge in [-0.2, -0.15) is 0 Å². The van der Waals surface area contributed by atoms with E-state index in [0.29, 0.717) is 5.92 Å². The topological polar surface area (TPSA) is 78.9 Å². The molecule has 29 heavy (non-hydrogen) atoms. The Labute approximate surface area is 174 Å². The minimum Gasteiger partial charge on any atom is -0.368 e. The van der Waals surface area contributed by atoms with Crippen molar-refractivity contribution in [1.82, 2.24) is 5.32 Å². The highest BCUT2D eigenvalue weighted by atomic mass is 16.6. The number of carbonyl (C=O) groups excluding carboxylic acids is 2. The molecule has 1 amide bonds. The standard InChI is InChI=1S/C24H35NO4/c1-7-17(4)14-19(6)15-18(5)12-10-8-9-11-13-20(26)23-21(29-23)24(28,16(2)3)25-22(23)27/h8-13,15-17,19,21,28H,7,14H2,1-6H3,(H,25,27)/b9-8+,12-10+,13-11+,18-15+/t17?,19?,21-,23-,24-/m1/s1. The van der Waals surface area contributed by atoms with Crippen LogP contribution in [0.15, 0.2) is 48.1 Å². The number of fused-ring (bicyclic) bond motifs is 1. The number of morpholine rings is 1. The van der Waals surface area contributed by atoms with Crippen LogP contribution in [-0.2, 0) is 14.3 Å². The minimum atomic E-state index is -1.57. The summed E-state index contributed by atoms with van der Waals surface area (Å²) in [5.74, 6) is 0.00829. The smallest absolute Gasteiger partial charge is 0.265 e. The van der Waals surface area contributed by atoms with Gasteiger partial charge >= 0.3 is 0 Å². The average molecular weight is 402 g/mol. The zero-order valence-corrected chi connectivity index (χ0v) is 18.4. The van der Waals surface area contributed by atoms with Crippen LogP contribution in [0.4, 0.5) is 0 Å². The molecule has 2 saturated heterocycles. The molecule has 5 heteroatoms. The van der Waals surface area contributed by atoms with Gasteiger partial charge in [0.1, 0.15) is 0 Å². The molecule has 2 fully saturated rings. The van der Waals surface area contributed by atoms with E-state index in [1.54, 1.807) is 26.0 Å². The third-order valence-corrected chi connectivity index (χ3v) is 5.87. The normalized spacial score (nSPS) is 31.7. The highest BCUT2D eigenvalue weighted by Crippen LogP contribution is 2.51. The van der Waals surface area contributed by atoms with Gasteiger partial charge in [0.05, 0.1) is 0 Å². The lowest BCUT2D eigenvalue weighted by Gasteiger charge is -2.27. The molecule has 2 aliphatic heterocycles. The molecule has 0 aromatic heterocycles. The fraction of sp³-hybridized carbons (Fsp3) is 0.583. The Morgan fingerprint density at radius 3 is 2.31 bits per heavy atom. The highest BCUT2D eigenvalue weighted by molar-refractivity contribution is 6.19. The minimum absolute atomic E-state index is 0.258. The molecule has 0 aliphatic carbocycles. The van der Waals surface area contributed by atoms with Crippen LogP contribution in [0, 0.1) is 17.8 Å². The summed E-state index contributed by atoms with van der Waals surface area (Å²) in [6.45, 7) is 12.4. The van der Waals surface area contributed by atoms with Gasteiger partial charge in [-0.15, -0.1) is 0 Å². The molecule has 0 spiro atoms. The van der Waals surface area contributed by atoms with Crippen LogP contribution in [0.1, 0.15) is 54.4 Å². The predicted molar refractivity (Wildman–Crippen MR) is 115 cm³/mol. The average Bonchev–Trinajstić information content (AvgIpc) is 3.36. The lowest BCUT2D eigenvalue weighted by molar-refractivity contribution is -0.139. The monoisotopic (exact) mass is 401 g/mol. The number of epoxide rings is 1. The fourth-order valence-electron chi connectivity index (χ4n) is 3.79. The summed E-state index contributed by atoms with van der Waals surface area (Å²) < 4.78 is 5.37. The molecule has 0 radical (unpaired) electrons. The van der Waals surface area contributed by atoms with Gasteiger partial charge in [-0.05, 0) is 31.3 Å². The molecule has 0 bridgehead atoms. The molecule has 5 nitrogen and oxygen atoms in total. The first-order valence-electron chi connectivity index (χ1n) is 10.5. The van der Waals surface area contributed by atoms with Gasteiger partial charge in [0.2, 0.25) is 5.60 Å². The molecule has 2 heterocycles. The van der Waals surface area contributed by atoms with E-state index in [1.807, 2.05) is 18.2 Å². The van der Waals surface area contributed by atoms with Crippen LogP contribution in [0.25, 0.3) is 0 Å². The van der Waals surface area contributed by atoms with Gasteiger partial charge in [-0.1, -0.05) is 83.1 Å². The summed E-state index contributed by atoms with van der Waals surface area (Å²) >= 11 is 0. The number of ketones is 1. The second kappa shape index (κ2) is 9.23. The first kappa shape index (κ1) is 23.3. The third-order valence-electron chi connectivity index (χ3n) is 5.87. The molecule has 2 N–H and O–H groups in total. The summed E-state index contributed by atoms with van der Waals surface area (Å²) in [7, 11) is 0. The van der Waals surface area contributed by atoms with Crippen molar-refractivity contribution in [2.45, 2.75) is 71.8 Å². The van der Waals surface area contributed by atoms with Crippen LogP contribution in [0.5, 0.6) is 0 Å². The number of ether oxygens (including phenoxy) is 1. The zero-order chi connectivity index (χ0) is 21.8. The van der Waals surface area contributed by atoms with Crippen LogP contribution in [0.3, 0.4) is 0 Å². The van der Waals surface area contributed by atoms with Crippen molar-refractivity contribution in [3.05, 3.63) is 48.1 Å². The summed E-state index contributed by atoms with van der Waals surface area (Å²) in [6, 6.07) is 0. The number of nitrogens with one attached hydrogen (secondary N) is 1. The second-order valence-electron chi connectivity index (χ2n) is 8.77.